The quantitative estimate of drug-likeness (QED) is 0.275. The lowest BCUT2D eigenvalue weighted by Crippen LogP contribution is -2.12. The number of carbonyl (C=O) groups is 1. The van der Waals surface area contributed by atoms with Gasteiger partial charge in [0.05, 0.1) is 17.8 Å². The fourth-order valence-corrected chi connectivity index (χ4v) is 3.71. The van der Waals surface area contributed by atoms with E-state index in [2.05, 4.69) is 37.3 Å². The maximum atomic E-state index is 13.3. The van der Waals surface area contributed by atoms with E-state index >= 15 is 0 Å². The van der Waals surface area contributed by atoms with E-state index in [1.807, 2.05) is 31.2 Å². The van der Waals surface area contributed by atoms with Crippen LogP contribution >= 0.6 is 0 Å². The average Bonchev–Trinajstić information content (AvgIpc) is 3.34. The lowest BCUT2D eigenvalue weighted by molar-refractivity contribution is -0.114. The van der Waals surface area contributed by atoms with Crippen LogP contribution in [0.4, 0.5) is 21.6 Å². The van der Waals surface area contributed by atoms with Crippen molar-refractivity contribution in [2.24, 2.45) is 0 Å². The summed E-state index contributed by atoms with van der Waals surface area (Å²) in [5, 5.41) is 10.4. The summed E-state index contributed by atoms with van der Waals surface area (Å²) < 4.78 is 26.6. The number of rotatable bonds is 8. The predicted octanol–water partition coefficient (Wildman–Crippen LogP) is 5.34. The first-order chi connectivity index (χ1) is 17.9. The van der Waals surface area contributed by atoms with Crippen molar-refractivity contribution in [1.82, 2.24) is 24.6 Å². The van der Waals surface area contributed by atoms with Gasteiger partial charge in [-0.25, -0.2) is 23.9 Å². The zero-order chi connectivity index (χ0) is 25.9. The van der Waals surface area contributed by atoms with Crippen LogP contribution in [0.15, 0.2) is 73.7 Å². The van der Waals surface area contributed by atoms with E-state index in [4.69, 9.17) is 9.47 Å². The molecule has 5 rings (SSSR count). The highest BCUT2D eigenvalue weighted by molar-refractivity contribution is 6.05. The largest absolute Gasteiger partial charge is 0.492 e. The minimum absolute atomic E-state index is 0.278. The molecule has 0 aliphatic carbocycles. The Labute approximate surface area is 210 Å². The lowest BCUT2D eigenvalue weighted by Gasteiger charge is -2.15. The van der Waals surface area contributed by atoms with Crippen LogP contribution in [-0.2, 0) is 4.79 Å². The van der Waals surface area contributed by atoms with Gasteiger partial charge in [0.1, 0.15) is 35.7 Å². The molecular formula is C26H22FN7O3. The normalized spacial score (nSPS) is 10.9. The van der Waals surface area contributed by atoms with Crippen molar-refractivity contribution >= 4 is 39.6 Å². The summed E-state index contributed by atoms with van der Waals surface area (Å²) in [6, 6.07) is 12.5. The van der Waals surface area contributed by atoms with Crippen molar-refractivity contribution in [2.75, 3.05) is 17.2 Å². The van der Waals surface area contributed by atoms with Crippen LogP contribution in [0.2, 0.25) is 0 Å². The number of aromatic nitrogens is 5. The molecule has 5 aromatic rings. The summed E-state index contributed by atoms with van der Waals surface area (Å²) >= 11 is 0. The molecule has 1 amide bonds. The Morgan fingerprint density at radius 3 is 2.73 bits per heavy atom. The van der Waals surface area contributed by atoms with Gasteiger partial charge in [-0.2, -0.15) is 5.10 Å². The van der Waals surface area contributed by atoms with Crippen LogP contribution in [0.25, 0.3) is 16.6 Å². The van der Waals surface area contributed by atoms with Crippen LogP contribution in [-0.4, -0.2) is 37.1 Å². The van der Waals surface area contributed by atoms with Crippen molar-refractivity contribution in [2.45, 2.75) is 13.8 Å². The Bertz CT molecular complexity index is 1650. The maximum absolute atomic E-state index is 13.3. The lowest BCUT2D eigenvalue weighted by atomic mass is 10.1. The van der Waals surface area contributed by atoms with Gasteiger partial charge in [-0.1, -0.05) is 6.58 Å². The maximum Gasteiger partial charge on any atom is 0.283 e. The molecule has 0 saturated carbocycles. The average molecular weight is 500 g/mol. The Kier molecular flexibility index (Phi) is 6.33. The summed E-state index contributed by atoms with van der Waals surface area (Å²) in [5.41, 5.74) is 3.19. The molecule has 3 aromatic heterocycles. The monoisotopic (exact) mass is 499 g/mol. The summed E-state index contributed by atoms with van der Waals surface area (Å²) in [4.78, 5) is 24.8. The molecule has 0 aliphatic rings. The van der Waals surface area contributed by atoms with Gasteiger partial charge < -0.3 is 20.1 Å². The highest BCUT2D eigenvalue weighted by Crippen LogP contribution is 2.34. The number of halogens is 1. The third-order valence-electron chi connectivity index (χ3n) is 5.45. The second-order valence-electron chi connectivity index (χ2n) is 8.01. The smallest absolute Gasteiger partial charge is 0.283 e. The van der Waals surface area contributed by atoms with Crippen molar-refractivity contribution in [3.63, 3.8) is 0 Å². The number of amides is 1. The molecule has 186 valence electrons. The van der Waals surface area contributed by atoms with Gasteiger partial charge in [0, 0.05) is 29.4 Å². The van der Waals surface area contributed by atoms with Gasteiger partial charge in [-0.3, -0.25) is 4.79 Å². The molecule has 0 saturated heterocycles. The van der Waals surface area contributed by atoms with Gasteiger partial charge in [0.15, 0.2) is 11.5 Å². The van der Waals surface area contributed by atoms with Crippen molar-refractivity contribution < 1.29 is 18.7 Å². The summed E-state index contributed by atoms with van der Waals surface area (Å²) in [7, 11) is 0. The number of fused-ring (bicyclic) bond motifs is 2. The first-order valence-corrected chi connectivity index (χ1v) is 11.3. The number of nitrogens with zero attached hydrogens (tertiary/aromatic N) is 5. The second kappa shape index (κ2) is 9.90. The summed E-state index contributed by atoms with van der Waals surface area (Å²) in [5.74, 6) is 0.107. The summed E-state index contributed by atoms with van der Waals surface area (Å²) in [6.45, 7) is 7.13. The number of anilines is 3. The third kappa shape index (κ3) is 5.01. The van der Waals surface area contributed by atoms with Crippen molar-refractivity contribution in [3.8, 4) is 17.2 Å². The molecule has 0 unspecified atom stereocenters. The third-order valence-corrected chi connectivity index (χ3v) is 5.45. The van der Waals surface area contributed by atoms with E-state index in [-0.39, 0.29) is 5.69 Å². The second-order valence-corrected chi connectivity index (χ2v) is 8.01. The van der Waals surface area contributed by atoms with Crippen LogP contribution in [0.1, 0.15) is 12.5 Å². The number of ether oxygens (including phenoxy) is 2. The molecule has 2 aromatic carbocycles. The number of hydrogen-bond acceptors (Lipinski definition) is 8. The molecule has 0 bridgehead atoms. The Morgan fingerprint density at radius 2 is 1.95 bits per heavy atom. The van der Waals surface area contributed by atoms with Crippen LogP contribution < -0.4 is 20.1 Å². The molecule has 0 atom stereocenters. The van der Waals surface area contributed by atoms with E-state index in [9.17, 15) is 9.18 Å². The Morgan fingerprint density at radius 1 is 1.08 bits per heavy atom. The highest BCUT2D eigenvalue weighted by Gasteiger charge is 2.15. The molecule has 11 heteroatoms. The predicted molar refractivity (Wildman–Crippen MR) is 137 cm³/mol. The van der Waals surface area contributed by atoms with Crippen LogP contribution in [0.3, 0.4) is 0 Å². The van der Waals surface area contributed by atoms with E-state index in [0.29, 0.717) is 46.2 Å². The van der Waals surface area contributed by atoms with E-state index in [1.54, 1.807) is 35.8 Å². The highest BCUT2D eigenvalue weighted by atomic mass is 19.1. The number of benzene rings is 2. The number of hydrogen-bond donors (Lipinski definition) is 2. The first kappa shape index (κ1) is 23.7. The van der Waals surface area contributed by atoms with Gasteiger partial charge >= 0.3 is 0 Å². The topological polar surface area (TPSA) is 116 Å². The SMILES string of the molecule is C=C(F)C(=O)Nc1cc2c(Nc3ccc(Oc4ccn5ncnc5c4)c(C)c3)ncnc2cc1OCC. The molecule has 0 radical (unpaired) electrons. The van der Waals surface area contributed by atoms with E-state index in [0.717, 1.165) is 11.3 Å². The van der Waals surface area contributed by atoms with Crippen molar-refractivity contribution in [3.05, 3.63) is 79.3 Å². The van der Waals surface area contributed by atoms with Crippen molar-refractivity contribution in [1.29, 1.82) is 0 Å². The van der Waals surface area contributed by atoms with E-state index in [1.165, 1.54) is 12.7 Å². The number of aryl methyl sites for hydroxylation is 1. The molecule has 0 fully saturated rings. The Hall–Kier alpha value is -5.06. The number of carbonyl (C=O) groups excluding carboxylic acids is 1. The zero-order valence-electron chi connectivity index (χ0n) is 20.0. The molecular weight excluding hydrogens is 477 g/mol. The number of nitrogens with one attached hydrogen (secondary N) is 2. The Balaban J connectivity index is 1.43. The summed E-state index contributed by atoms with van der Waals surface area (Å²) in [6.07, 6.45) is 4.68. The molecule has 0 spiro atoms. The molecule has 10 nitrogen and oxygen atoms in total. The molecule has 3 heterocycles. The fraction of sp³-hybridized carbons (Fsp3) is 0.115. The molecule has 2 N–H and O–H groups in total. The standard InChI is InChI=1S/C26H22FN7O3/c1-4-36-23-12-20-19(11-21(23)33-26(35)16(3)27)25(30-13-28-20)32-17-5-6-22(15(2)9-17)37-18-7-8-34-24(10-18)29-14-31-34/h5-14H,3-4H2,1-2H3,(H,33,35)(H,28,30,32). The van der Waals surface area contributed by atoms with Gasteiger partial charge in [-0.15, -0.1) is 0 Å². The fourth-order valence-electron chi connectivity index (χ4n) is 3.71. The minimum Gasteiger partial charge on any atom is -0.492 e. The number of pyridine rings is 1. The van der Waals surface area contributed by atoms with Gasteiger partial charge in [0.2, 0.25) is 0 Å². The van der Waals surface area contributed by atoms with Gasteiger partial charge in [0.25, 0.3) is 5.91 Å². The minimum atomic E-state index is -1.11. The van der Waals surface area contributed by atoms with Crippen LogP contribution in [0.5, 0.6) is 17.2 Å². The van der Waals surface area contributed by atoms with Crippen LogP contribution in [0, 0.1) is 6.92 Å². The van der Waals surface area contributed by atoms with Gasteiger partial charge in [-0.05, 0) is 49.7 Å². The molecule has 37 heavy (non-hydrogen) atoms. The first-order valence-electron chi connectivity index (χ1n) is 11.3. The van der Waals surface area contributed by atoms with E-state index < -0.39 is 11.7 Å². The zero-order valence-corrected chi connectivity index (χ0v) is 20.0. The molecule has 0 aliphatic heterocycles.